The van der Waals surface area contributed by atoms with Crippen molar-refractivity contribution in [3.8, 4) is 0 Å². The first-order valence-corrected chi connectivity index (χ1v) is 7.72. The van der Waals surface area contributed by atoms with Gasteiger partial charge in [-0.1, -0.05) is 0 Å². The van der Waals surface area contributed by atoms with Gasteiger partial charge >= 0.3 is 0 Å². The summed E-state index contributed by atoms with van der Waals surface area (Å²) in [6.07, 6.45) is 4.97. The van der Waals surface area contributed by atoms with Crippen molar-refractivity contribution < 1.29 is 8.78 Å². The van der Waals surface area contributed by atoms with Gasteiger partial charge in [0, 0.05) is 43.8 Å². The first-order chi connectivity index (χ1) is 11.7. The number of rotatable bonds is 2. The monoisotopic (exact) mass is 327 g/mol. The molecule has 24 heavy (non-hydrogen) atoms. The molecular formula is C17H15F2N5. The maximum atomic E-state index is 13.9. The summed E-state index contributed by atoms with van der Waals surface area (Å²) in [7, 11) is 0. The lowest BCUT2D eigenvalue weighted by Crippen LogP contribution is -2.47. The number of benzene rings is 1. The number of hydrogen-bond donors (Lipinski definition) is 0. The molecule has 122 valence electrons. The molecule has 3 heterocycles. The second kappa shape index (κ2) is 5.99. The van der Waals surface area contributed by atoms with Crippen molar-refractivity contribution in [3.63, 3.8) is 0 Å². The molecule has 2 aromatic heterocycles. The Labute approximate surface area is 137 Å². The number of fused-ring (bicyclic) bond motifs is 1. The van der Waals surface area contributed by atoms with E-state index >= 15 is 0 Å². The minimum Gasteiger partial charge on any atom is -0.366 e. The van der Waals surface area contributed by atoms with E-state index in [1.165, 1.54) is 18.5 Å². The Kier molecular flexibility index (Phi) is 3.68. The van der Waals surface area contributed by atoms with E-state index in [0.29, 0.717) is 31.9 Å². The Morgan fingerprint density at radius 2 is 1.71 bits per heavy atom. The highest BCUT2D eigenvalue weighted by Crippen LogP contribution is 2.26. The van der Waals surface area contributed by atoms with Crippen molar-refractivity contribution in [1.82, 2.24) is 15.0 Å². The minimum atomic E-state index is -0.559. The summed E-state index contributed by atoms with van der Waals surface area (Å²) in [5.74, 6) is -0.223. The molecule has 0 saturated carbocycles. The number of piperazine rings is 1. The molecule has 0 amide bonds. The lowest BCUT2D eigenvalue weighted by molar-refractivity contribution is 0.570. The fraction of sp³-hybridized carbons (Fsp3) is 0.235. The van der Waals surface area contributed by atoms with Crippen LogP contribution in [0.5, 0.6) is 0 Å². The first kappa shape index (κ1) is 14.7. The third kappa shape index (κ3) is 2.62. The lowest BCUT2D eigenvalue weighted by atomic mass is 10.2. The summed E-state index contributed by atoms with van der Waals surface area (Å²) in [6, 6.07) is 5.60. The van der Waals surface area contributed by atoms with E-state index in [1.54, 1.807) is 12.4 Å². The summed E-state index contributed by atoms with van der Waals surface area (Å²) in [4.78, 5) is 16.8. The van der Waals surface area contributed by atoms with E-state index in [2.05, 4.69) is 19.9 Å². The Hall–Kier alpha value is -2.83. The van der Waals surface area contributed by atoms with E-state index in [1.807, 2.05) is 11.0 Å². The first-order valence-electron chi connectivity index (χ1n) is 7.72. The molecule has 0 atom stereocenters. The number of hydrogen-bond acceptors (Lipinski definition) is 5. The van der Waals surface area contributed by atoms with Gasteiger partial charge in [-0.05, 0) is 18.2 Å². The van der Waals surface area contributed by atoms with E-state index in [4.69, 9.17) is 0 Å². The van der Waals surface area contributed by atoms with E-state index in [-0.39, 0.29) is 0 Å². The molecule has 0 bridgehead atoms. The molecule has 1 fully saturated rings. The molecule has 3 aromatic rings. The van der Waals surface area contributed by atoms with Crippen LogP contribution in [0.15, 0.2) is 43.0 Å². The largest absolute Gasteiger partial charge is 0.366 e. The summed E-state index contributed by atoms with van der Waals surface area (Å²) in [5, 5.41) is 0.953. The van der Waals surface area contributed by atoms with Gasteiger partial charge in [-0.15, -0.1) is 0 Å². The van der Waals surface area contributed by atoms with Crippen molar-refractivity contribution in [2.75, 3.05) is 36.0 Å². The predicted molar refractivity (Wildman–Crippen MR) is 88.1 cm³/mol. The number of anilines is 2. The SMILES string of the molecule is Fc1ccc(N2CCN(c3ncnc4cnccc34)CC2)c(F)c1. The normalized spacial score (nSPS) is 15.1. The van der Waals surface area contributed by atoms with Gasteiger partial charge in [0.25, 0.3) is 0 Å². The van der Waals surface area contributed by atoms with Crippen molar-refractivity contribution in [2.45, 2.75) is 0 Å². The Morgan fingerprint density at radius 3 is 2.50 bits per heavy atom. The molecule has 4 rings (SSSR count). The fourth-order valence-electron chi connectivity index (χ4n) is 3.04. The molecular weight excluding hydrogens is 312 g/mol. The fourth-order valence-corrected chi connectivity index (χ4v) is 3.04. The van der Waals surface area contributed by atoms with Gasteiger partial charge in [0.1, 0.15) is 23.8 Å². The molecule has 1 saturated heterocycles. The third-order valence-corrected chi connectivity index (χ3v) is 4.25. The second-order valence-corrected chi connectivity index (χ2v) is 5.66. The molecule has 0 unspecified atom stereocenters. The van der Waals surface area contributed by atoms with Gasteiger partial charge in [-0.2, -0.15) is 0 Å². The van der Waals surface area contributed by atoms with E-state index in [9.17, 15) is 8.78 Å². The van der Waals surface area contributed by atoms with E-state index in [0.717, 1.165) is 22.8 Å². The minimum absolute atomic E-state index is 0.438. The van der Waals surface area contributed by atoms with Crippen LogP contribution >= 0.6 is 0 Å². The summed E-state index contributed by atoms with van der Waals surface area (Å²) in [5.41, 5.74) is 1.24. The molecule has 0 spiro atoms. The quantitative estimate of drug-likeness (QED) is 0.724. The highest BCUT2D eigenvalue weighted by molar-refractivity contribution is 5.88. The van der Waals surface area contributed by atoms with Crippen LogP contribution in [0.3, 0.4) is 0 Å². The molecule has 0 N–H and O–H groups in total. The molecule has 1 aliphatic rings. The van der Waals surface area contributed by atoms with Crippen molar-refractivity contribution >= 4 is 22.4 Å². The van der Waals surface area contributed by atoms with Gasteiger partial charge in [0.2, 0.25) is 0 Å². The molecule has 1 aromatic carbocycles. The maximum Gasteiger partial charge on any atom is 0.149 e. The van der Waals surface area contributed by atoms with Crippen LogP contribution in [-0.2, 0) is 0 Å². The standard InChI is InChI=1S/C17H15F2N5/c18-12-1-2-16(14(19)9-12)23-5-7-24(8-6-23)17-13-3-4-20-10-15(13)21-11-22-17/h1-4,9-11H,5-8H2. The zero-order valence-corrected chi connectivity index (χ0v) is 12.9. The molecule has 7 heteroatoms. The topological polar surface area (TPSA) is 45.2 Å². The Balaban J connectivity index is 1.55. The molecule has 1 aliphatic heterocycles. The summed E-state index contributed by atoms with van der Waals surface area (Å²) in [6.45, 7) is 2.68. The average molecular weight is 327 g/mol. The van der Waals surface area contributed by atoms with Crippen LogP contribution in [0.25, 0.3) is 10.9 Å². The van der Waals surface area contributed by atoms with E-state index < -0.39 is 11.6 Å². The van der Waals surface area contributed by atoms with Crippen LogP contribution < -0.4 is 9.80 Å². The van der Waals surface area contributed by atoms with Crippen molar-refractivity contribution in [1.29, 1.82) is 0 Å². The number of nitrogens with zero attached hydrogens (tertiary/aromatic N) is 5. The van der Waals surface area contributed by atoms with Crippen LogP contribution in [0.1, 0.15) is 0 Å². The Morgan fingerprint density at radius 1 is 0.917 bits per heavy atom. The van der Waals surface area contributed by atoms with Crippen LogP contribution in [-0.4, -0.2) is 41.1 Å². The highest BCUT2D eigenvalue weighted by Gasteiger charge is 2.22. The number of halogens is 2. The molecule has 0 aliphatic carbocycles. The zero-order chi connectivity index (χ0) is 16.5. The Bertz CT molecular complexity index is 872. The van der Waals surface area contributed by atoms with Gasteiger partial charge in [0.05, 0.1) is 17.4 Å². The van der Waals surface area contributed by atoms with Gasteiger partial charge in [-0.25, -0.2) is 18.7 Å². The lowest BCUT2D eigenvalue weighted by Gasteiger charge is -2.37. The third-order valence-electron chi connectivity index (χ3n) is 4.25. The average Bonchev–Trinajstić information content (AvgIpc) is 2.62. The number of pyridine rings is 1. The zero-order valence-electron chi connectivity index (χ0n) is 12.9. The highest BCUT2D eigenvalue weighted by atomic mass is 19.1. The van der Waals surface area contributed by atoms with Crippen molar-refractivity contribution in [2.24, 2.45) is 0 Å². The number of aromatic nitrogens is 3. The summed E-state index contributed by atoms with van der Waals surface area (Å²) < 4.78 is 27.0. The predicted octanol–water partition coefficient (Wildman–Crippen LogP) is 2.63. The van der Waals surface area contributed by atoms with Crippen LogP contribution in [0.2, 0.25) is 0 Å². The summed E-state index contributed by atoms with van der Waals surface area (Å²) >= 11 is 0. The molecule has 5 nitrogen and oxygen atoms in total. The van der Waals surface area contributed by atoms with Gasteiger partial charge in [-0.3, -0.25) is 4.98 Å². The van der Waals surface area contributed by atoms with Crippen LogP contribution in [0, 0.1) is 11.6 Å². The smallest absolute Gasteiger partial charge is 0.149 e. The maximum absolute atomic E-state index is 13.9. The molecule has 0 radical (unpaired) electrons. The second-order valence-electron chi connectivity index (χ2n) is 5.66. The van der Waals surface area contributed by atoms with Crippen molar-refractivity contribution in [3.05, 3.63) is 54.6 Å². The van der Waals surface area contributed by atoms with Gasteiger partial charge < -0.3 is 9.80 Å². The van der Waals surface area contributed by atoms with Crippen LogP contribution in [0.4, 0.5) is 20.3 Å². The van der Waals surface area contributed by atoms with Gasteiger partial charge in [0.15, 0.2) is 0 Å².